The Hall–Kier alpha value is -2.43. The summed E-state index contributed by atoms with van der Waals surface area (Å²) in [5, 5.41) is 13.2. The number of anilines is 1. The lowest BCUT2D eigenvalue weighted by Gasteiger charge is -2.24. The van der Waals surface area contributed by atoms with Crippen LogP contribution in [0.5, 0.6) is 5.88 Å². The fourth-order valence-electron chi connectivity index (χ4n) is 5.06. The zero-order valence-corrected chi connectivity index (χ0v) is 19.1. The highest BCUT2D eigenvalue weighted by Gasteiger charge is 2.29. The third kappa shape index (κ3) is 3.91. The number of methoxy groups -OCH3 is 1. The van der Waals surface area contributed by atoms with Crippen molar-refractivity contribution in [1.82, 2.24) is 9.78 Å². The van der Waals surface area contributed by atoms with Crippen molar-refractivity contribution >= 4 is 21.6 Å². The first kappa shape index (κ1) is 21.4. The van der Waals surface area contributed by atoms with Gasteiger partial charge in [0.15, 0.2) is 9.92 Å². The number of nitrogens with one attached hydrogen (secondary N) is 1. The fourth-order valence-corrected chi connectivity index (χ4v) is 6.06. The molecule has 172 valence electrons. The Morgan fingerprint density at radius 1 is 1.31 bits per heavy atom. The Morgan fingerprint density at radius 3 is 2.72 bits per heavy atom. The van der Waals surface area contributed by atoms with E-state index in [0.717, 1.165) is 50.6 Å². The summed E-state index contributed by atoms with van der Waals surface area (Å²) in [6, 6.07) is 1.60. The van der Waals surface area contributed by atoms with E-state index in [-0.39, 0.29) is 10.8 Å². The SMILES string of the molecule is COCCC1COc2c(S(N)(=O)=NC(=O)Nc3c4c(cc5c3CCC5)CCC4)cnn2C1. The molecule has 1 aromatic carbocycles. The number of carbonyl (C=O) groups excluding carboxylic acids is 1. The largest absolute Gasteiger partial charge is 0.477 e. The van der Waals surface area contributed by atoms with Crippen LogP contribution in [-0.2, 0) is 46.9 Å². The number of hydrogen-bond acceptors (Lipinski definition) is 5. The van der Waals surface area contributed by atoms with Gasteiger partial charge in [0.1, 0.15) is 4.90 Å². The van der Waals surface area contributed by atoms with Crippen LogP contribution in [-0.4, -0.2) is 40.3 Å². The van der Waals surface area contributed by atoms with E-state index < -0.39 is 15.9 Å². The highest BCUT2D eigenvalue weighted by Crippen LogP contribution is 2.39. The minimum atomic E-state index is -3.51. The standard InChI is InChI=1S/C22H29N5O4S/c1-30-9-8-14-12-27-21(31-13-14)19(11-24-27)32(23,29)26-22(28)25-20-17-6-2-4-15(17)10-16-5-3-7-18(16)20/h10-11,14H,2-9,12-13H2,1H3,(H3,23,25,26,28,29). The Kier molecular flexibility index (Phi) is 5.68. The van der Waals surface area contributed by atoms with Gasteiger partial charge in [-0.3, -0.25) is 0 Å². The molecule has 3 N–H and O–H groups in total. The molecule has 0 spiro atoms. The Bertz CT molecular complexity index is 1150. The number of nitrogens with zero attached hydrogens (tertiary/aromatic N) is 3. The van der Waals surface area contributed by atoms with Gasteiger partial charge >= 0.3 is 6.03 Å². The Morgan fingerprint density at radius 2 is 2.03 bits per heavy atom. The first-order chi connectivity index (χ1) is 15.5. The summed E-state index contributed by atoms with van der Waals surface area (Å²) in [4.78, 5) is 13.0. The van der Waals surface area contributed by atoms with Gasteiger partial charge in [0.2, 0.25) is 5.88 Å². The monoisotopic (exact) mass is 459 g/mol. The van der Waals surface area contributed by atoms with E-state index in [9.17, 15) is 9.00 Å². The number of aromatic nitrogens is 2. The predicted octanol–water partition coefficient (Wildman–Crippen LogP) is 2.84. The number of benzene rings is 1. The van der Waals surface area contributed by atoms with E-state index in [0.29, 0.717) is 25.6 Å². The predicted molar refractivity (Wildman–Crippen MR) is 120 cm³/mol. The van der Waals surface area contributed by atoms with Gasteiger partial charge in [-0.05, 0) is 67.2 Å². The molecule has 2 aliphatic carbocycles. The van der Waals surface area contributed by atoms with E-state index in [4.69, 9.17) is 14.6 Å². The van der Waals surface area contributed by atoms with Crippen LogP contribution in [0.2, 0.25) is 0 Å². The smallest absolute Gasteiger partial charge is 0.354 e. The van der Waals surface area contributed by atoms with Gasteiger partial charge in [0, 0.05) is 25.3 Å². The van der Waals surface area contributed by atoms with Crippen LogP contribution in [0.15, 0.2) is 21.5 Å². The normalized spacial score (nSPS) is 20.6. The number of hydrogen-bond donors (Lipinski definition) is 2. The molecule has 2 aromatic rings. The highest BCUT2D eigenvalue weighted by molar-refractivity contribution is 7.91. The summed E-state index contributed by atoms with van der Waals surface area (Å²) < 4.78 is 29.7. The van der Waals surface area contributed by atoms with Gasteiger partial charge in [-0.25, -0.2) is 18.8 Å². The van der Waals surface area contributed by atoms with Crippen molar-refractivity contribution in [3.05, 3.63) is 34.5 Å². The molecule has 1 aliphatic heterocycles. The molecule has 9 nitrogen and oxygen atoms in total. The summed E-state index contributed by atoms with van der Waals surface area (Å²) in [6.45, 7) is 1.70. The van der Waals surface area contributed by atoms with Crippen molar-refractivity contribution in [1.29, 1.82) is 0 Å². The van der Waals surface area contributed by atoms with Crippen LogP contribution in [0, 0.1) is 5.92 Å². The molecule has 0 radical (unpaired) electrons. The lowest BCUT2D eigenvalue weighted by Crippen LogP contribution is -2.28. The lowest BCUT2D eigenvalue weighted by molar-refractivity contribution is 0.115. The summed E-state index contributed by atoms with van der Waals surface area (Å²) in [5.41, 5.74) is 5.83. The van der Waals surface area contributed by atoms with E-state index >= 15 is 0 Å². The first-order valence-corrected chi connectivity index (χ1v) is 12.7. The third-order valence-electron chi connectivity index (χ3n) is 6.62. The van der Waals surface area contributed by atoms with Gasteiger partial charge in [-0.2, -0.15) is 5.10 Å². The maximum absolute atomic E-state index is 13.2. The van der Waals surface area contributed by atoms with Crippen LogP contribution < -0.4 is 15.2 Å². The molecule has 2 unspecified atom stereocenters. The molecule has 5 rings (SSSR count). The van der Waals surface area contributed by atoms with Gasteiger partial charge in [0.05, 0.1) is 19.3 Å². The maximum Gasteiger partial charge on any atom is 0.354 e. The summed E-state index contributed by atoms with van der Waals surface area (Å²) in [5.74, 6) is 0.566. The first-order valence-electron chi connectivity index (χ1n) is 11.2. The number of nitrogens with two attached hydrogens (primary N) is 1. The number of aryl methyl sites for hydroxylation is 2. The number of fused-ring (bicyclic) bond motifs is 3. The number of urea groups is 1. The van der Waals surface area contributed by atoms with Crippen molar-refractivity contribution in [2.24, 2.45) is 15.4 Å². The van der Waals surface area contributed by atoms with E-state index in [1.165, 1.54) is 28.5 Å². The van der Waals surface area contributed by atoms with Gasteiger partial charge in [0.25, 0.3) is 0 Å². The second-order valence-corrected chi connectivity index (χ2v) is 10.5. The molecule has 1 aromatic heterocycles. The highest BCUT2D eigenvalue weighted by atomic mass is 32.2. The van der Waals surface area contributed by atoms with Crippen molar-refractivity contribution in [2.45, 2.75) is 56.4 Å². The van der Waals surface area contributed by atoms with Crippen LogP contribution in [0.3, 0.4) is 0 Å². The molecular weight excluding hydrogens is 430 g/mol. The van der Waals surface area contributed by atoms with Gasteiger partial charge < -0.3 is 14.8 Å². The summed E-state index contributed by atoms with van der Waals surface area (Å²) in [7, 11) is -1.85. The average Bonchev–Trinajstić information content (AvgIpc) is 3.50. The van der Waals surface area contributed by atoms with E-state index in [1.54, 1.807) is 11.8 Å². The fraction of sp³-hybridized carbons (Fsp3) is 0.545. The second kappa shape index (κ2) is 8.49. The summed E-state index contributed by atoms with van der Waals surface area (Å²) in [6.07, 6.45) is 8.32. The van der Waals surface area contributed by atoms with Gasteiger partial charge in [-0.1, -0.05) is 6.07 Å². The third-order valence-corrected chi connectivity index (χ3v) is 7.96. The molecule has 0 saturated carbocycles. The minimum Gasteiger partial charge on any atom is -0.477 e. The maximum atomic E-state index is 13.2. The Balaban J connectivity index is 1.39. The zero-order valence-electron chi connectivity index (χ0n) is 18.3. The topological polar surface area (TPSA) is 121 Å². The average molecular weight is 460 g/mol. The summed E-state index contributed by atoms with van der Waals surface area (Å²) >= 11 is 0. The van der Waals surface area contributed by atoms with E-state index in [1.807, 2.05) is 0 Å². The van der Waals surface area contributed by atoms with Crippen molar-refractivity contribution < 1.29 is 18.5 Å². The van der Waals surface area contributed by atoms with Crippen molar-refractivity contribution in [2.75, 3.05) is 25.6 Å². The molecule has 0 fully saturated rings. The van der Waals surface area contributed by atoms with Crippen molar-refractivity contribution in [3.8, 4) is 5.88 Å². The Labute approximate surface area is 188 Å². The van der Waals surface area contributed by atoms with Crippen LogP contribution in [0.1, 0.15) is 41.5 Å². The molecule has 2 atom stereocenters. The number of carbonyl (C=O) groups is 1. The molecule has 2 heterocycles. The molecule has 0 bridgehead atoms. The second-order valence-electron chi connectivity index (χ2n) is 8.78. The molecule has 0 saturated heterocycles. The van der Waals surface area contributed by atoms with Crippen LogP contribution in [0.25, 0.3) is 0 Å². The zero-order chi connectivity index (χ0) is 22.3. The molecule has 10 heteroatoms. The number of ether oxygens (including phenoxy) is 2. The quantitative estimate of drug-likeness (QED) is 0.712. The molecular formula is C22H29N5O4S. The molecule has 32 heavy (non-hydrogen) atoms. The van der Waals surface area contributed by atoms with Crippen LogP contribution >= 0.6 is 0 Å². The van der Waals surface area contributed by atoms with Gasteiger partial charge in [-0.15, -0.1) is 4.36 Å². The lowest BCUT2D eigenvalue weighted by atomic mass is 9.99. The number of amides is 2. The van der Waals surface area contributed by atoms with E-state index in [2.05, 4.69) is 20.8 Å². The molecule has 2 amide bonds. The molecule has 3 aliphatic rings. The number of rotatable bonds is 5. The van der Waals surface area contributed by atoms with Crippen molar-refractivity contribution in [3.63, 3.8) is 0 Å². The van der Waals surface area contributed by atoms with Crippen LogP contribution in [0.4, 0.5) is 10.5 Å². The minimum absolute atomic E-state index is 0.154.